The summed E-state index contributed by atoms with van der Waals surface area (Å²) in [5.74, 6) is 1.65. The largest absolute Gasteiger partial charge is 0.457 e. The lowest BCUT2D eigenvalue weighted by molar-refractivity contribution is -0.210. The molecule has 5 aliphatic carbocycles. The second-order valence-corrected chi connectivity index (χ2v) is 13.7. The van der Waals surface area contributed by atoms with Crippen LogP contribution in [-0.2, 0) is 9.53 Å². The topological polar surface area (TPSA) is 26.3 Å². The first kappa shape index (κ1) is 20.5. The van der Waals surface area contributed by atoms with Crippen molar-refractivity contribution in [3.05, 3.63) is 23.3 Å². The molecule has 2 heteroatoms. The third-order valence-electron chi connectivity index (χ3n) is 13.0. The van der Waals surface area contributed by atoms with E-state index in [-0.39, 0.29) is 22.9 Å². The lowest BCUT2D eigenvalue weighted by Gasteiger charge is -2.69. The number of hydrogen-bond donors (Lipinski definition) is 0. The van der Waals surface area contributed by atoms with E-state index in [1.54, 1.807) is 5.57 Å². The predicted molar refractivity (Wildman–Crippen MR) is 124 cm³/mol. The molecule has 8 atom stereocenters. The molecule has 31 heavy (non-hydrogen) atoms. The summed E-state index contributed by atoms with van der Waals surface area (Å²) >= 11 is 0. The Bertz CT molecular complexity index is 925. The lowest BCUT2D eigenvalue weighted by atomic mass is 9.34. The maximum Gasteiger partial charge on any atom is 0.314 e. The first-order chi connectivity index (χ1) is 14.4. The van der Waals surface area contributed by atoms with Gasteiger partial charge < -0.3 is 4.74 Å². The minimum atomic E-state index is -0.297. The molecule has 4 fully saturated rings. The molecule has 1 spiro atoms. The molecule has 1 heterocycles. The number of hydrogen-bond acceptors (Lipinski definition) is 2. The third-order valence-corrected chi connectivity index (χ3v) is 13.0. The second-order valence-electron chi connectivity index (χ2n) is 13.7. The second kappa shape index (κ2) is 5.71. The molecule has 2 nitrogen and oxygen atoms in total. The van der Waals surface area contributed by atoms with Crippen molar-refractivity contribution >= 4 is 5.97 Å². The van der Waals surface area contributed by atoms with Crippen LogP contribution in [0.3, 0.4) is 0 Å². The van der Waals surface area contributed by atoms with Gasteiger partial charge in [-0.1, -0.05) is 52.3 Å². The van der Waals surface area contributed by atoms with Gasteiger partial charge in [0.25, 0.3) is 0 Å². The van der Waals surface area contributed by atoms with Crippen molar-refractivity contribution < 1.29 is 9.53 Å². The van der Waals surface area contributed by atoms with Crippen molar-refractivity contribution in [1.82, 2.24) is 0 Å². The van der Waals surface area contributed by atoms with Gasteiger partial charge in [-0.2, -0.15) is 0 Å². The molecule has 6 rings (SSSR count). The number of carbonyl (C=O) groups is 1. The molecule has 0 amide bonds. The van der Waals surface area contributed by atoms with Gasteiger partial charge in [-0.3, -0.25) is 4.79 Å². The smallest absolute Gasteiger partial charge is 0.314 e. The highest BCUT2D eigenvalue weighted by Gasteiger charge is 2.77. The Hall–Kier alpha value is -1.05. The van der Waals surface area contributed by atoms with E-state index in [9.17, 15) is 4.79 Å². The van der Waals surface area contributed by atoms with Crippen LogP contribution in [-0.4, -0.2) is 12.1 Å². The lowest BCUT2D eigenvalue weighted by Crippen LogP contribution is -2.65. The first-order valence-electron chi connectivity index (χ1n) is 13.0. The standard InChI is InChI=1S/C29H42O2/c1-17(2)18-8-9-19-21-16-29(24(30)31-21)20(23(18)19)10-11-22-26(5)13-12-25(3,4)28(26,7)15-14-27(22,29)6/h18,20-22H,1,8-16H2,2-7H3. The summed E-state index contributed by atoms with van der Waals surface area (Å²) in [4.78, 5) is 13.9. The van der Waals surface area contributed by atoms with Crippen LogP contribution in [0.2, 0.25) is 0 Å². The number of ether oxygens (including phenoxy) is 1. The maximum absolute atomic E-state index is 13.9. The minimum Gasteiger partial charge on any atom is -0.457 e. The number of allylic oxidation sites excluding steroid dienone is 2. The third kappa shape index (κ3) is 1.98. The van der Waals surface area contributed by atoms with Gasteiger partial charge in [-0.25, -0.2) is 0 Å². The zero-order valence-electron chi connectivity index (χ0n) is 20.7. The SMILES string of the molecule is C=C(C)C1CCC2=C1C1CCC3C(C)(CCC4(C)C(C)(C)CCC34C)C13CC2OC3=O. The van der Waals surface area contributed by atoms with Crippen molar-refractivity contribution in [2.75, 3.05) is 0 Å². The zero-order chi connectivity index (χ0) is 22.2. The molecule has 0 aromatic heterocycles. The number of carbonyl (C=O) groups excluding carboxylic acids is 1. The van der Waals surface area contributed by atoms with Crippen LogP contribution in [0.1, 0.15) is 99.3 Å². The van der Waals surface area contributed by atoms with Gasteiger partial charge in [0.2, 0.25) is 0 Å². The zero-order valence-corrected chi connectivity index (χ0v) is 20.7. The van der Waals surface area contributed by atoms with Gasteiger partial charge in [0, 0.05) is 12.3 Å². The molecular formula is C29H42O2. The number of fused-ring (bicyclic) bond motifs is 6. The number of esters is 1. The van der Waals surface area contributed by atoms with Crippen molar-refractivity contribution in [2.24, 2.45) is 44.8 Å². The summed E-state index contributed by atoms with van der Waals surface area (Å²) < 4.78 is 6.29. The molecule has 1 saturated heterocycles. The fourth-order valence-corrected chi connectivity index (χ4v) is 10.8. The van der Waals surface area contributed by atoms with Crippen molar-refractivity contribution in [2.45, 2.75) is 105 Å². The molecule has 0 radical (unpaired) electrons. The van der Waals surface area contributed by atoms with Crippen molar-refractivity contribution in [1.29, 1.82) is 0 Å². The van der Waals surface area contributed by atoms with Gasteiger partial charge in [-0.15, -0.1) is 0 Å². The van der Waals surface area contributed by atoms with Crippen LogP contribution < -0.4 is 0 Å². The Balaban J connectivity index is 1.51. The molecule has 8 unspecified atom stereocenters. The van der Waals surface area contributed by atoms with E-state index in [4.69, 9.17) is 4.74 Å². The van der Waals surface area contributed by atoms with Gasteiger partial charge in [0.15, 0.2) is 0 Å². The fraction of sp³-hybridized carbons (Fsp3) is 0.828. The van der Waals surface area contributed by atoms with E-state index in [0.29, 0.717) is 34.0 Å². The Morgan fingerprint density at radius 1 is 0.968 bits per heavy atom. The first-order valence-corrected chi connectivity index (χ1v) is 13.0. The molecule has 1 aliphatic heterocycles. The van der Waals surface area contributed by atoms with E-state index in [0.717, 1.165) is 12.8 Å². The van der Waals surface area contributed by atoms with Crippen LogP contribution >= 0.6 is 0 Å². The summed E-state index contributed by atoms with van der Waals surface area (Å²) in [6.07, 6.45) is 10.9. The molecule has 3 saturated carbocycles. The molecule has 0 aromatic rings. The molecule has 2 bridgehead atoms. The highest BCUT2D eigenvalue weighted by atomic mass is 16.6. The fourth-order valence-electron chi connectivity index (χ4n) is 10.8. The quantitative estimate of drug-likeness (QED) is 0.329. The molecule has 6 aliphatic rings. The average molecular weight is 423 g/mol. The Labute approximate surface area is 189 Å². The summed E-state index contributed by atoms with van der Waals surface area (Å²) in [6.45, 7) is 19.3. The van der Waals surface area contributed by atoms with Crippen LogP contribution in [0.15, 0.2) is 23.3 Å². The molecule has 170 valence electrons. The average Bonchev–Trinajstić information content (AvgIpc) is 3.32. The van der Waals surface area contributed by atoms with Crippen LogP contribution in [0.25, 0.3) is 0 Å². The van der Waals surface area contributed by atoms with Crippen LogP contribution in [0, 0.1) is 44.8 Å². The van der Waals surface area contributed by atoms with E-state index in [2.05, 4.69) is 48.1 Å². The Morgan fingerprint density at radius 3 is 2.39 bits per heavy atom. The normalized spacial score (nSPS) is 54.1. The maximum atomic E-state index is 13.9. The van der Waals surface area contributed by atoms with E-state index in [1.165, 1.54) is 56.1 Å². The van der Waals surface area contributed by atoms with Gasteiger partial charge in [-0.05, 0) is 97.4 Å². The van der Waals surface area contributed by atoms with Gasteiger partial charge >= 0.3 is 5.97 Å². The molecule has 0 N–H and O–H groups in total. The summed E-state index contributed by atoms with van der Waals surface area (Å²) in [6, 6.07) is 0. The van der Waals surface area contributed by atoms with Gasteiger partial charge in [0.1, 0.15) is 6.10 Å². The predicted octanol–water partition coefficient (Wildman–Crippen LogP) is 7.24. The van der Waals surface area contributed by atoms with E-state index >= 15 is 0 Å². The Morgan fingerprint density at radius 2 is 1.68 bits per heavy atom. The highest BCUT2D eigenvalue weighted by molar-refractivity contribution is 5.83. The molecule has 0 aromatic carbocycles. The van der Waals surface area contributed by atoms with E-state index in [1.807, 2.05) is 0 Å². The van der Waals surface area contributed by atoms with Crippen LogP contribution in [0.4, 0.5) is 0 Å². The number of rotatable bonds is 1. The van der Waals surface area contributed by atoms with Gasteiger partial charge in [0.05, 0.1) is 5.41 Å². The molecular weight excluding hydrogens is 380 g/mol. The summed E-state index contributed by atoms with van der Waals surface area (Å²) in [5, 5.41) is 0. The summed E-state index contributed by atoms with van der Waals surface area (Å²) in [5.41, 5.74) is 5.22. The van der Waals surface area contributed by atoms with Crippen molar-refractivity contribution in [3.63, 3.8) is 0 Å². The van der Waals surface area contributed by atoms with Crippen LogP contribution in [0.5, 0.6) is 0 Å². The minimum absolute atomic E-state index is 0.0528. The Kier molecular flexibility index (Phi) is 3.78. The van der Waals surface area contributed by atoms with Crippen molar-refractivity contribution in [3.8, 4) is 0 Å². The summed E-state index contributed by atoms with van der Waals surface area (Å²) in [7, 11) is 0. The van der Waals surface area contributed by atoms with E-state index < -0.39 is 0 Å². The highest BCUT2D eigenvalue weighted by Crippen LogP contribution is 2.80. The monoisotopic (exact) mass is 422 g/mol.